The Morgan fingerprint density at radius 1 is 1.24 bits per heavy atom. The van der Waals surface area contributed by atoms with E-state index in [-0.39, 0.29) is 16.5 Å². The molecule has 1 aliphatic heterocycles. The van der Waals surface area contributed by atoms with Crippen LogP contribution in [-0.2, 0) is 12.5 Å². The summed E-state index contributed by atoms with van der Waals surface area (Å²) < 4.78 is 1.55. The molecule has 0 aromatic carbocycles. The summed E-state index contributed by atoms with van der Waals surface area (Å²) in [5.41, 5.74) is 3.07. The zero-order valence-electron chi connectivity index (χ0n) is 20.5. The van der Waals surface area contributed by atoms with Crippen LogP contribution in [0.4, 0.5) is 11.5 Å². The fourth-order valence-electron chi connectivity index (χ4n) is 3.98. The first-order valence-electron chi connectivity index (χ1n) is 11.5. The van der Waals surface area contributed by atoms with Gasteiger partial charge in [-0.3, -0.25) is 4.79 Å². The fourth-order valence-corrected chi connectivity index (χ4v) is 4.85. The highest BCUT2D eigenvalue weighted by Gasteiger charge is 2.24. The van der Waals surface area contributed by atoms with Crippen molar-refractivity contribution in [1.29, 1.82) is 5.26 Å². The zero-order valence-corrected chi connectivity index (χ0v) is 21.3. The van der Waals surface area contributed by atoms with E-state index < -0.39 is 0 Å². The fraction of sp³-hybridized carbons (Fsp3) is 0.520. The lowest BCUT2D eigenvalue weighted by molar-refractivity contribution is 0.578. The Bertz CT molecular complexity index is 1210. The normalized spacial score (nSPS) is 13.9. The molecule has 1 aliphatic rings. The number of thiazole rings is 1. The van der Waals surface area contributed by atoms with Crippen LogP contribution in [0, 0.1) is 18.3 Å². The van der Waals surface area contributed by atoms with Crippen LogP contribution in [-0.4, -0.2) is 34.2 Å². The molecule has 0 aliphatic carbocycles. The average molecular weight is 467 g/mol. The Hall–Kier alpha value is -2.92. The highest BCUT2D eigenvalue weighted by molar-refractivity contribution is 7.18. The predicted octanol–water partition coefficient (Wildman–Crippen LogP) is 4.98. The Kier molecular flexibility index (Phi) is 7.75. The number of nitrogens with zero attached hydrogens (tertiary/aromatic N) is 5. The second kappa shape index (κ2) is 10.3. The minimum absolute atomic E-state index is 0.201. The number of aromatic nitrogens is 3. The van der Waals surface area contributed by atoms with Gasteiger partial charge in [0.05, 0.1) is 10.7 Å². The maximum absolute atomic E-state index is 12.4. The standard InChI is InChI=1S/C14H16N4OS.C11H18N2/c1-9-16-11-12(18-6-4-3-5-7-18)10(8-15)13(19)17(2)14(11)20-9;1-5-12-10-8-9(6-7-13-10)11(2,3)4/h3-7H2,1-2H3;6-8H,5H2,1-4H3,(H,12,13). The van der Waals surface area contributed by atoms with Crippen molar-refractivity contribution in [3.05, 3.63) is 44.8 Å². The number of rotatable bonds is 3. The molecular weight excluding hydrogens is 432 g/mol. The zero-order chi connectivity index (χ0) is 24.2. The average Bonchev–Trinajstić information content (AvgIpc) is 3.18. The van der Waals surface area contributed by atoms with E-state index in [0.717, 1.165) is 59.3 Å². The Balaban J connectivity index is 0.000000205. The van der Waals surface area contributed by atoms with Gasteiger partial charge in [-0.25, -0.2) is 9.97 Å². The lowest BCUT2D eigenvalue weighted by Crippen LogP contribution is -2.33. The number of fused-ring (bicyclic) bond motifs is 1. The predicted molar refractivity (Wildman–Crippen MR) is 137 cm³/mol. The number of anilines is 2. The van der Waals surface area contributed by atoms with E-state index >= 15 is 0 Å². The lowest BCUT2D eigenvalue weighted by atomic mass is 9.88. The number of piperidine rings is 1. The first-order chi connectivity index (χ1) is 15.7. The van der Waals surface area contributed by atoms with Gasteiger partial charge in [-0.1, -0.05) is 20.8 Å². The smallest absolute Gasteiger partial charge is 0.271 e. The summed E-state index contributed by atoms with van der Waals surface area (Å²) in [6, 6.07) is 6.28. The van der Waals surface area contributed by atoms with Crippen molar-refractivity contribution in [2.45, 2.75) is 59.3 Å². The second-order valence-electron chi connectivity index (χ2n) is 9.34. The van der Waals surface area contributed by atoms with Crippen LogP contribution in [0.5, 0.6) is 0 Å². The van der Waals surface area contributed by atoms with Gasteiger partial charge in [-0.15, -0.1) is 11.3 Å². The summed E-state index contributed by atoms with van der Waals surface area (Å²) in [5, 5.41) is 13.5. The van der Waals surface area contributed by atoms with Crippen molar-refractivity contribution in [2.75, 3.05) is 29.9 Å². The summed E-state index contributed by atoms with van der Waals surface area (Å²) in [6.45, 7) is 13.3. The van der Waals surface area contributed by atoms with E-state index in [2.05, 4.69) is 66.1 Å². The topological polar surface area (TPSA) is 86.8 Å². The molecule has 1 N–H and O–H groups in total. The minimum atomic E-state index is -0.218. The van der Waals surface area contributed by atoms with Gasteiger partial charge in [0, 0.05) is 32.9 Å². The van der Waals surface area contributed by atoms with E-state index in [1.165, 1.54) is 23.3 Å². The quantitative estimate of drug-likeness (QED) is 0.586. The Morgan fingerprint density at radius 2 is 1.94 bits per heavy atom. The highest BCUT2D eigenvalue weighted by Crippen LogP contribution is 2.32. The molecule has 1 fully saturated rings. The molecule has 4 rings (SSSR count). The van der Waals surface area contributed by atoms with Crippen LogP contribution in [0.2, 0.25) is 0 Å². The molecule has 33 heavy (non-hydrogen) atoms. The van der Waals surface area contributed by atoms with Crippen LogP contribution in [0.15, 0.2) is 23.1 Å². The van der Waals surface area contributed by atoms with E-state index in [4.69, 9.17) is 0 Å². The van der Waals surface area contributed by atoms with Crippen molar-refractivity contribution in [3.8, 4) is 6.07 Å². The number of pyridine rings is 2. The van der Waals surface area contributed by atoms with Crippen LogP contribution in [0.1, 0.15) is 63.1 Å². The molecule has 0 amide bonds. The molecule has 1 saturated heterocycles. The van der Waals surface area contributed by atoms with Gasteiger partial charge < -0.3 is 14.8 Å². The molecule has 8 heteroatoms. The number of nitriles is 1. The number of aryl methyl sites for hydroxylation is 2. The third-order valence-corrected chi connectivity index (χ3v) is 6.82. The van der Waals surface area contributed by atoms with Gasteiger partial charge in [-0.05, 0) is 56.2 Å². The summed E-state index contributed by atoms with van der Waals surface area (Å²) in [6.07, 6.45) is 5.27. The first kappa shape index (κ1) is 24.7. The lowest BCUT2D eigenvalue weighted by Gasteiger charge is -2.29. The highest BCUT2D eigenvalue weighted by atomic mass is 32.1. The molecule has 0 bridgehead atoms. The van der Waals surface area contributed by atoms with E-state index in [0.29, 0.717) is 0 Å². The largest absolute Gasteiger partial charge is 0.370 e. The molecule has 0 radical (unpaired) electrons. The summed E-state index contributed by atoms with van der Waals surface area (Å²) in [4.78, 5) is 24.2. The molecule has 176 valence electrons. The summed E-state index contributed by atoms with van der Waals surface area (Å²) >= 11 is 1.51. The maximum atomic E-state index is 12.4. The van der Waals surface area contributed by atoms with Crippen LogP contribution >= 0.6 is 11.3 Å². The van der Waals surface area contributed by atoms with Crippen molar-refractivity contribution in [1.82, 2.24) is 14.5 Å². The van der Waals surface area contributed by atoms with Crippen molar-refractivity contribution >= 4 is 33.2 Å². The van der Waals surface area contributed by atoms with Crippen molar-refractivity contribution in [3.63, 3.8) is 0 Å². The molecule has 3 aromatic rings. The molecule has 3 aromatic heterocycles. The van der Waals surface area contributed by atoms with E-state index in [1.807, 2.05) is 13.1 Å². The third kappa shape index (κ3) is 5.53. The second-order valence-corrected chi connectivity index (χ2v) is 10.5. The number of nitrogens with one attached hydrogen (secondary N) is 1. The molecule has 0 saturated carbocycles. The van der Waals surface area contributed by atoms with Crippen molar-refractivity contribution < 1.29 is 0 Å². The Labute approximate surface area is 200 Å². The summed E-state index contributed by atoms with van der Waals surface area (Å²) in [7, 11) is 1.71. The van der Waals surface area contributed by atoms with Crippen LogP contribution < -0.4 is 15.8 Å². The summed E-state index contributed by atoms with van der Waals surface area (Å²) in [5.74, 6) is 0.968. The first-order valence-corrected chi connectivity index (χ1v) is 12.3. The van der Waals surface area contributed by atoms with Crippen LogP contribution in [0.3, 0.4) is 0 Å². The SMILES string of the molecule is CCNc1cc(C(C)(C)C)ccn1.Cc1nc2c(N3CCCCC3)c(C#N)c(=O)n(C)c2s1. The number of hydrogen-bond acceptors (Lipinski definition) is 7. The molecule has 0 unspecified atom stereocenters. The van der Waals surface area contributed by atoms with Gasteiger partial charge >= 0.3 is 0 Å². The minimum Gasteiger partial charge on any atom is -0.370 e. The van der Waals surface area contributed by atoms with E-state index in [9.17, 15) is 10.1 Å². The van der Waals surface area contributed by atoms with Gasteiger partial charge in [0.25, 0.3) is 5.56 Å². The van der Waals surface area contributed by atoms with Gasteiger partial charge in [0.1, 0.15) is 27.8 Å². The molecular formula is C25H34N6OS. The van der Waals surface area contributed by atoms with Gasteiger partial charge in [0.2, 0.25) is 0 Å². The molecule has 4 heterocycles. The third-order valence-electron chi connectivity index (χ3n) is 5.77. The maximum Gasteiger partial charge on any atom is 0.271 e. The van der Waals surface area contributed by atoms with Gasteiger partial charge in [0.15, 0.2) is 0 Å². The number of hydrogen-bond donors (Lipinski definition) is 1. The molecule has 0 atom stereocenters. The van der Waals surface area contributed by atoms with Crippen molar-refractivity contribution in [2.24, 2.45) is 7.05 Å². The molecule has 7 nitrogen and oxygen atoms in total. The van der Waals surface area contributed by atoms with E-state index in [1.54, 1.807) is 11.6 Å². The van der Waals surface area contributed by atoms with Gasteiger partial charge in [-0.2, -0.15) is 5.26 Å². The molecule has 0 spiro atoms. The van der Waals surface area contributed by atoms with Crippen LogP contribution in [0.25, 0.3) is 10.3 Å². The Morgan fingerprint density at radius 3 is 2.55 bits per heavy atom. The monoisotopic (exact) mass is 466 g/mol.